The molecule has 0 unspecified atom stereocenters. The van der Waals surface area contributed by atoms with Crippen molar-refractivity contribution < 1.29 is 4.92 Å². The molecule has 0 aromatic heterocycles. The molecule has 1 aliphatic rings. The van der Waals surface area contributed by atoms with E-state index in [0.717, 1.165) is 18.7 Å². The molecule has 0 aliphatic carbocycles. The van der Waals surface area contributed by atoms with Gasteiger partial charge in [-0.05, 0) is 6.42 Å². The van der Waals surface area contributed by atoms with E-state index >= 15 is 0 Å². The Hall–Kier alpha value is -1.15. The van der Waals surface area contributed by atoms with Crippen LogP contribution in [0.25, 0.3) is 0 Å². The molecule has 1 aliphatic heterocycles. The summed E-state index contributed by atoms with van der Waals surface area (Å²) in [4.78, 5) is 10.2. The van der Waals surface area contributed by atoms with Gasteiger partial charge in [-0.15, -0.1) is 18.2 Å². The summed E-state index contributed by atoms with van der Waals surface area (Å²) in [5, 5.41) is 14.2. The van der Waals surface area contributed by atoms with Gasteiger partial charge in [0.15, 0.2) is 0 Å². The fraction of sp³-hybridized carbons (Fsp3) is 0.500. The van der Waals surface area contributed by atoms with Crippen molar-refractivity contribution in [3.8, 4) is 12.3 Å². The largest absolute Gasteiger partial charge is 0.374 e. The highest BCUT2D eigenvalue weighted by molar-refractivity contribution is 8.03. The summed E-state index contributed by atoms with van der Waals surface area (Å²) in [6, 6.07) is 0. The fourth-order valence-corrected chi connectivity index (χ4v) is 2.02. The monoisotopic (exact) mass is 198 g/mol. The molecule has 1 fully saturated rings. The molecule has 0 radical (unpaired) electrons. The molecule has 13 heavy (non-hydrogen) atoms. The lowest BCUT2D eigenvalue weighted by Gasteiger charge is -2.15. The lowest BCUT2D eigenvalue weighted by molar-refractivity contribution is -0.427. The van der Waals surface area contributed by atoms with Crippen LogP contribution >= 0.6 is 11.8 Å². The van der Waals surface area contributed by atoms with E-state index < -0.39 is 4.92 Å². The van der Waals surface area contributed by atoms with Crippen LogP contribution < -0.4 is 5.32 Å². The van der Waals surface area contributed by atoms with Crippen LogP contribution in [0.5, 0.6) is 0 Å². The van der Waals surface area contributed by atoms with Gasteiger partial charge in [0, 0.05) is 12.3 Å². The lowest BCUT2D eigenvalue weighted by Crippen LogP contribution is -2.22. The van der Waals surface area contributed by atoms with E-state index in [-0.39, 0.29) is 12.1 Å². The Labute approximate surface area is 80.9 Å². The molecule has 0 spiro atoms. The molecule has 1 rings (SSSR count). The van der Waals surface area contributed by atoms with Crippen molar-refractivity contribution in [1.29, 1.82) is 0 Å². The topological polar surface area (TPSA) is 55.2 Å². The molecule has 1 heterocycles. The van der Waals surface area contributed by atoms with Crippen molar-refractivity contribution in [2.75, 3.05) is 12.3 Å². The zero-order valence-corrected chi connectivity index (χ0v) is 7.89. The zero-order chi connectivity index (χ0) is 9.68. The number of thioether (sulfide) groups is 1. The third-order valence-electron chi connectivity index (χ3n) is 1.61. The molecule has 70 valence electrons. The van der Waals surface area contributed by atoms with Gasteiger partial charge in [0.05, 0.1) is 4.92 Å². The van der Waals surface area contributed by atoms with Gasteiger partial charge in [0.25, 0.3) is 5.70 Å². The Morgan fingerprint density at radius 3 is 3.08 bits per heavy atom. The number of allylic oxidation sites excluding steroid dienone is 1. The van der Waals surface area contributed by atoms with Gasteiger partial charge in [-0.1, -0.05) is 5.92 Å². The number of nitrogens with zero attached hydrogens (tertiary/aromatic N) is 1. The summed E-state index contributed by atoms with van der Waals surface area (Å²) in [5.74, 6) is 3.21. The van der Waals surface area contributed by atoms with E-state index in [1.54, 1.807) is 0 Å². The van der Waals surface area contributed by atoms with E-state index in [1.165, 1.54) is 11.8 Å². The second-order valence-corrected chi connectivity index (χ2v) is 3.65. The number of hydrogen-bond acceptors (Lipinski definition) is 4. The average Bonchev–Trinajstić information content (AvgIpc) is 2.15. The second kappa shape index (κ2) is 4.77. The van der Waals surface area contributed by atoms with Gasteiger partial charge >= 0.3 is 0 Å². The zero-order valence-electron chi connectivity index (χ0n) is 7.08. The summed E-state index contributed by atoms with van der Waals surface area (Å²) >= 11 is 1.47. The maximum Gasteiger partial charge on any atom is 0.287 e. The molecule has 1 N–H and O–H groups in total. The molecule has 0 aromatic rings. The average molecular weight is 198 g/mol. The number of nitro groups is 1. The number of terminal acetylenes is 1. The summed E-state index contributed by atoms with van der Waals surface area (Å²) in [6.07, 6.45) is 6.17. The Bertz CT molecular complexity index is 272. The van der Waals surface area contributed by atoms with E-state index in [1.807, 2.05) is 0 Å². The molecule has 1 saturated heterocycles. The van der Waals surface area contributed by atoms with Gasteiger partial charge in [-0.25, -0.2) is 0 Å². The molecule has 0 saturated carbocycles. The van der Waals surface area contributed by atoms with Crippen LogP contribution in [0.4, 0.5) is 0 Å². The molecular formula is C8H10N2O2S. The number of nitrogens with one attached hydrogen (secondary N) is 1. The molecule has 0 amide bonds. The van der Waals surface area contributed by atoms with Crippen LogP contribution in [0.3, 0.4) is 0 Å². The lowest BCUT2D eigenvalue weighted by atomic mass is 10.3. The summed E-state index contributed by atoms with van der Waals surface area (Å²) in [5.41, 5.74) is 0.118. The molecule has 0 atom stereocenters. The van der Waals surface area contributed by atoms with E-state index in [0.29, 0.717) is 5.03 Å². The van der Waals surface area contributed by atoms with Crippen molar-refractivity contribution in [2.45, 2.75) is 12.8 Å². The first-order valence-electron chi connectivity index (χ1n) is 3.93. The Morgan fingerprint density at radius 2 is 2.62 bits per heavy atom. The Kier molecular flexibility index (Phi) is 3.65. The van der Waals surface area contributed by atoms with Gasteiger partial charge in [-0.3, -0.25) is 10.1 Å². The Balaban J connectivity index is 2.81. The maximum atomic E-state index is 10.6. The van der Waals surface area contributed by atoms with E-state index in [2.05, 4.69) is 11.2 Å². The predicted octanol–water partition coefficient (Wildman–Crippen LogP) is 1.18. The fourth-order valence-electron chi connectivity index (χ4n) is 1.01. The number of hydrogen-bond donors (Lipinski definition) is 1. The normalized spacial score (nSPS) is 19.9. The van der Waals surface area contributed by atoms with E-state index in [9.17, 15) is 10.1 Å². The predicted molar refractivity (Wildman–Crippen MR) is 52.5 cm³/mol. The van der Waals surface area contributed by atoms with Crippen LogP contribution in [-0.2, 0) is 0 Å². The highest BCUT2D eigenvalue weighted by Gasteiger charge is 2.19. The quantitative estimate of drug-likeness (QED) is 0.411. The summed E-state index contributed by atoms with van der Waals surface area (Å²) in [7, 11) is 0. The SMILES string of the molecule is C#CC/C(=C1\NCCCS1)[N+](=O)[O-]. The van der Waals surface area contributed by atoms with Crippen LogP contribution in [-0.4, -0.2) is 17.2 Å². The Morgan fingerprint density at radius 1 is 1.85 bits per heavy atom. The molecular weight excluding hydrogens is 188 g/mol. The van der Waals surface area contributed by atoms with Crippen molar-refractivity contribution in [1.82, 2.24) is 5.32 Å². The summed E-state index contributed by atoms with van der Waals surface area (Å²) < 4.78 is 0. The first kappa shape index (κ1) is 9.93. The van der Waals surface area contributed by atoms with Gasteiger partial charge in [-0.2, -0.15) is 0 Å². The van der Waals surface area contributed by atoms with Crippen LogP contribution in [0.1, 0.15) is 12.8 Å². The van der Waals surface area contributed by atoms with Gasteiger partial charge in [0.1, 0.15) is 11.4 Å². The molecule has 4 nitrogen and oxygen atoms in total. The maximum absolute atomic E-state index is 10.6. The smallest absolute Gasteiger partial charge is 0.287 e. The van der Waals surface area contributed by atoms with Gasteiger partial charge in [0.2, 0.25) is 0 Å². The second-order valence-electron chi connectivity index (χ2n) is 2.54. The number of rotatable bonds is 2. The first-order valence-corrected chi connectivity index (χ1v) is 4.92. The standard InChI is InChI=1S/C8H10N2O2S/c1-2-4-7(10(11)12)8-9-5-3-6-13-8/h1,9H,3-6H2/b8-7-. The van der Waals surface area contributed by atoms with Crippen molar-refractivity contribution in [3.63, 3.8) is 0 Å². The molecule has 0 aromatic carbocycles. The highest BCUT2D eigenvalue weighted by atomic mass is 32.2. The third kappa shape index (κ3) is 2.67. The molecule has 0 bridgehead atoms. The minimum absolute atomic E-state index is 0.0856. The minimum Gasteiger partial charge on any atom is -0.374 e. The van der Waals surface area contributed by atoms with Crippen molar-refractivity contribution >= 4 is 11.8 Å². The van der Waals surface area contributed by atoms with Crippen molar-refractivity contribution in [2.24, 2.45) is 0 Å². The van der Waals surface area contributed by atoms with Crippen LogP contribution in [0, 0.1) is 22.5 Å². The summed E-state index contributed by atoms with van der Waals surface area (Å²) in [6.45, 7) is 0.796. The highest BCUT2D eigenvalue weighted by Crippen LogP contribution is 2.23. The minimum atomic E-state index is -0.402. The van der Waals surface area contributed by atoms with E-state index in [4.69, 9.17) is 6.42 Å². The van der Waals surface area contributed by atoms with Crippen LogP contribution in [0.15, 0.2) is 10.7 Å². The third-order valence-corrected chi connectivity index (χ3v) is 2.77. The molecule has 5 heteroatoms. The van der Waals surface area contributed by atoms with Crippen LogP contribution in [0.2, 0.25) is 0 Å². The van der Waals surface area contributed by atoms with Crippen molar-refractivity contribution in [3.05, 3.63) is 20.8 Å². The first-order chi connectivity index (χ1) is 6.25. The van der Waals surface area contributed by atoms with Gasteiger partial charge < -0.3 is 5.32 Å².